The Morgan fingerprint density at radius 3 is 2.41 bits per heavy atom. The molecule has 2 N–H and O–H groups in total. The summed E-state index contributed by atoms with van der Waals surface area (Å²) in [5.41, 5.74) is 5.79. The zero-order valence-electron chi connectivity index (χ0n) is 14.9. The predicted molar refractivity (Wildman–Crippen MR) is 110 cm³/mol. The van der Waals surface area contributed by atoms with Crippen molar-refractivity contribution >= 4 is 43.7 Å². The summed E-state index contributed by atoms with van der Waals surface area (Å²) in [7, 11) is 0. The number of aryl methyl sites for hydroxylation is 1. The van der Waals surface area contributed by atoms with Gasteiger partial charge in [-0.25, -0.2) is 0 Å². The van der Waals surface area contributed by atoms with Crippen molar-refractivity contribution in [3.63, 3.8) is 0 Å². The highest BCUT2D eigenvalue weighted by atomic mass is 79.9. The van der Waals surface area contributed by atoms with Crippen LogP contribution in [0.4, 0.5) is 0 Å². The minimum absolute atomic E-state index is 0.240. The lowest BCUT2D eigenvalue weighted by molar-refractivity contribution is -0.134. The first-order valence-corrected chi connectivity index (χ1v) is 9.87. The van der Waals surface area contributed by atoms with Crippen LogP contribution in [0, 0.1) is 6.92 Å². The Kier molecular flexibility index (Phi) is 8.12. The van der Waals surface area contributed by atoms with Crippen LogP contribution < -0.4 is 20.3 Å². The maximum atomic E-state index is 12.2. The lowest BCUT2D eigenvalue weighted by Crippen LogP contribution is -2.49. The number of carbonyl (C=O) groups excluding carboxylic acids is 2. The van der Waals surface area contributed by atoms with Gasteiger partial charge in [0.2, 0.25) is 0 Å². The van der Waals surface area contributed by atoms with Crippen molar-refractivity contribution in [2.45, 2.75) is 26.4 Å². The third-order valence-corrected chi connectivity index (χ3v) is 4.65. The molecular weight excluding hydrogens is 480 g/mol. The number of benzene rings is 2. The van der Waals surface area contributed by atoms with Gasteiger partial charge in [-0.3, -0.25) is 20.4 Å². The van der Waals surface area contributed by atoms with Gasteiger partial charge in [-0.2, -0.15) is 0 Å². The first-order valence-electron chi connectivity index (χ1n) is 8.29. The highest BCUT2D eigenvalue weighted by molar-refractivity contribution is 9.11. The molecule has 2 rings (SSSR count). The summed E-state index contributed by atoms with van der Waals surface area (Å²) in [5.74, 6) is 0.200. The van der Waals surface area contributed by atoms with Gasteiger partial charge in [0.25, 0.3) is 11.8 Å². The second-order valence-electron chi connectivity index (χ2n) is 5.73. The summed E-state index contributed by atoms with van der Waals surface area (Å²) in [6.07, 6.45) is -0.257. The Balaban J connectivity index is 1.80. The van der Waals surface area contributed by atoms with E-state index in [0.29, 0.717) is 22.4 Å². The first-order chi connectivity index (χ1) is 12.9. The molecule has 0 aliphatic heterocycles. The average Bonchev–Trinajstić information content (AvgIpc) is 2.65. The Labute approximate surface area is 174 Å². The van der Waals surface area contributed by atoms with E-state index in [1.807, 2.05) is 32.0 Å². The Morgan fingerprint density at radius 2 is 1.78 bits per heavy atom. The molecule has 2 amide bonds. The molecule has 0 saturated heterocycles. The van der Waals surface area contributed by atoms with E-state index >= 15 is 0 Å². The van der Waals surface area contributed by atoms with E-state index in [9.17, 15) is 9.59 Å². The average molecular weight is 500 g/mol. The topological polar surface area (TPSA) is 76.7 Å². The summed E-state index contributed by atoms with van der Waals surface area (Å²) in [6.45, 7) is 3.56. The van der Waals surface area contributed by atoms with Gasteiger partial charge in [0.15, 0.2) is 12.7 Å². The third-order valence-electron chi connectivity index (χ3n) is 3.54. The molecule has 1 atom stereocenters. The molecule has 0 aromatic heterocycles. The quantitative estimate of drug-likeness (QED) is 0.566. The van der Waals surface area contributed by atoms with Gasteiger partial charge in [-0.05, 0) is 59.6 Å². The normalized spacial score (nSPS) is 11.4. The van der Waals surface area contributed by atoms with Crippen LogP contribution in [0.2, 0.25) is 0 Å². The SMILES string of the molecule is CCC(Oc1ccc(C)cc1)C(=O)NNC(=O)COc1ccc(Br)cc1Br. The molecule has 0 fully saturated rings. The van der Waals surface area contributed by atoms with Crippen LogP contribution in [-0.4, -0.2) is 24.5 Å². The van der Waals surface area contributed by atoms with Crippen molar-refractivity contribution in [1.29, 1.82) is 0 Å². The van der Waals surface area contributed by atoms with Crippen LogP contribution in [0.15, 0.2) is 51.4 Å². The summed E-state index contributed by atoms with van der Waals surface area (Å²) in [5, 5.41) is 0. The number of hydrazine groups is 1. The van der Waals surface area contributed by atoms with Gasteiger partial charge in [0, 0.05) is 4.47 Å². The molecule has 2 aromatic rings. The monoisotopic (exact) mass is 498 g/mol. The van der Waals surface area contributed by atoms with Crippen molar-refractivity contribution in [2.24, 2.45) is 0 Å². The number of halogens is 2. The fourth-order valence-corrected chi connectivity index (χ4v) is 3.25. The van der Waals surface area contributed by atoms with Crippen LogP contribution in [-0.2, 0) is 9.59 Å². The molecule has 1 unspecified atom stereocenters. The molecule has 0 spiro atoms. The van der Waals surface area contributed by atoms with Crippen LogP contribution >= 0.6 is 31.9 Å². The predicted octanol–water partition coefficient (Wildman–Crippen LogP) is 3.90. The van der Waals surface area contributed by atoms with Gasteiger partial charge in [-0.1, -0.05) is 40.5 Å². The molecule has 2 aromatic carbocycles. The summed E-state index contributed by atoms with van der Waals surface area (Å²) in [4.78, 5) is 24.1. The first kappa shape index (κ1) is 21.2. The lowest BCUT2D eigenvalue weighted by Gasteiger charge is -2.17. The van der Waals surface area contributed by atoms with Gasteiger partial charge in [0.1, 0.15) is 11.5 Å². The van der Waals surface area contributed by atoms with Crippen molar-refractivity contribution in [1.82, 2.24) is 10.9 Å². The largest absolute Gasteiger partial charge is 0.483 e. The van der Waals surface area contributed by atoms with E-state index in [4.69, 9.17) is 9.47 Å². The van der Waals surface area contributed by atoms with Gasteiger partial charge in [0.05, 0.1) is 4.47 Å². The maximum Gasteiger partial charge on any atom is 0.279 e. The van der Waals surface area contributed by atoms with E-state index in [1.165, 1.54) is 0 Å². The molecule has 0 bridgehead atoms. The van der Waals surface area contributed by atoms with E-state index < -0.39 is 17.9 Å². The fraction of sp³-hybridized carbons (Fsp3) is 0.263. The highest BCUT2D eigenvalue weighted by Crippen LogP contribution is 2.28. The summed E-state index contributed by atoms with van der Waals surface area (Å²) >= 11 is 6.69. The zero-order chi connectivity index (χ0) is 19.8. The Morgan fingerprint density at radius 1 is 1.07 bits per heavy atom. The number of amides is 2. The molecule has 6 nitrogen and oxygen atoms in total. The molecule has 0 aliphatic carbocycles. The lowest BCUT2D eigenvalue weighted by atomic mass is 10.2. The van der Waals surface area contributed by atoms with Crippen LogP contribution in [0.1, 0.15) is 18.9 Å². The van der Waals surface area contributed by atoms with E-state index in [-0.39, 0.29) is 6.61 Å². The summed E-state index contributed by atoms with van der Waals surface area (Å²) in [6, 6.07) is 12.7. The van der Waals surface area contributed by atoms with Gasteiger partial charge < -0.3 is 9.47 Å². The number of hydrogen-bond donors (Lipinski definition) is 2. The molecule has 0 radical (unpaired) electrons. The van der Waals surface area contributed by atoms with Crippen LogP contribution in [0.25, 0.3) is 0 Å². The van der Waals surface area contributed by atoms with Gasteiger partial charge in [-0.15, -0.1) is 0 Å². The minimum atomic E-state index is -0.713. The van der Waals surface area contributed by atoms with Crippen molar-refractivity contribution in [3.05, 3.63) is 57.0 Å². The molecule has 0 heterocycles. The minimum Gasteiger partial charge on any atom is -0.483 e. The second-order valence-corrected chi connectivity index (χ2v) is 7.50. The molecule has 144 valence electrons. The Bertz CT molecular complexity index is 797. The number of ether oxygens (including phenoxy) is 2. The molecular formula is C19H20Br2N2O4. The third kappa shape index (κ3) is 6.88. The molecule has 0 saturated carbocycles. The number of rotatable bonds is 7. The second kappa shape index (κ2) is 10.3. The van der Waals surface area contributed by atoms with Crippen LogP contribution in [0.3, 0.4) is 0 Å². The number of carbonyl (C=O) groups is 2. The van der Waals surface area contributed by atoms with Crippen LogP contribution in [0.5, 0.6) is 11.5 Å². The standard InChI is InChI=1S/C19H20Br2N2O4/c1-3-16(27-14-7-4-12(2)5-8-14)19(25)23-22-18(24)11-26-17-9-6-13(20)10-15(17)21/h4-10,16H,3,11H2,1-2H3,(H,22,24)(H,23,25). The zero-order valence-corrected chi connectivity index (χ0v) is 18.1. The maximum absolute atomic E-state index is 12.2. The molecule has 27 heavy (non-hydrogen) atoms. The van der Waals surface area contributed by atoms with Crippen molar-refractivity contribution in [2.75, 3.05) is 6.61 Å². The summed E-state index contributed by atoms with van der Waals surface area (Å²) < 4.78 is 12.7. The molecule has 8 heteroatoms. The Hall–Kier alpha value is -2.06. The number of nitrogens with one attached hydrogen (secondary N) is 2. The van der Waals surface area contributed by atoms with E-state index in [2.05, 4.69) is 42.7 Å². The van der Waals surface area contributed by atoms with Crippen molar-refractivity contribution in [3.8, 4) is 11.5 Å². The van der Waals surface area contributed by atoms with Gasteiger partial charge >= 0.3 is 0 Å². The van der Waals surface area contributed by atoms with E-state index in [0.717, 1.165) is 10.0 Å². The smallest absolute Gasteiger partial charge is 0.279 e. The van der Waals surface area contributed by atoms with E-state index in [1.54, 1.807) is 24.3 Å². The molecule has 0 aliphatic rings. The highest BCUT2D eigenvalue weighted by Gasteiger charge is 2.19. The van der Waals surface area contributed by atoms with Crippen molar-refractivity contribution < 1.29 is 19.1 Å². The fourth-order valence-electron chi connectivity index (χ4n) is 2.09. The number of hydrogen-bond acceptors (Lipinski definition) is 4.